The van der Waals surface area contributed by atoms with Crippen LogP contribution in [0.2, 0.25) is 0 Å². The fourth-order valence-electron chi connectivity index (χ4n) is 1.36. The molecule has 2 unspecified atom stereocenters. The quantitative estimate of drug-likeness (QED) is 0.792. The van der Waals surface area contributed by atoms with E-state index in [0.717, 1.165) is 11.3 Å². The summed E-state index contributed by atoms with van der Waals surface area (Å²) < 4.78 is 11.2. The zero-order chi connectivity index (χ0) is 12.8. The van der Waals surface area contributed by atoms with Crippen molar-refractivity contribution in [2.24, 2.45) is 0 Å². The molecule has 1 aromatic carbocycles. The molecule has 0 bridgehead atoms. The second kappa shape index (κ2) is 6.55. The largest absolute Gasteiger partial charge is 0.384 e. The molecular formula is C13H19NO2S. The lowest BCUT2D eigenvalue weighted by molar-refractivity contribution is 0.0988. The first kappa shape index (κ1) is 13.9. The summed E-state index contributed by atoms with van der Waals surface area (Å²) in [5.74, 6) is 0.152. The van der Waals surface area contributed by atoms with Gasteiger partial charge in [0.25, 0.3) is 0 Å². The summed E-state index contributed by atoms with van der Waals surface area (Å²) >= 11 is 0. The average molecular weight is 253 g/mol. The minimum absolute atomic E-state index is 0.118. The van der Waals surface area contributed by atoms with Crippen LogP contribution in [0, 0.1) is 0 Å². The molecule has 0 amide bonds. The Morgan fingerprint density at radius 3 is 2.41 bits per heavy atom. The zero-order valence-corrected chi connectivity index (χ0v) is 11.3. The molecular weight excluding hydrogens is 234 g/mol. The van der Waals surface area contributed by atoms with Gasteiger partial charge in [0.15, 0.2) is 5.78 Å². The highest BCUT2D eigenvalue weighted by molar-refractivity contribution is 7.84. The predicted molar refractivity (Wildman–Crippen MR) is 73.1 cm³/mol. The third kappa shape index (κ3) is 4.30. The van der Waals surface area contributed by atoms with Gasteiger partial charge in [0.2, 0.25) is 0 Å². The molecule has 0 saturated carbocycles. The van der Waals surface area contributed by atoms with Gasteiger partial charge in [-0.05, 0) is 31.2 Å². The molecule has 94 valence electrons. The molecule has 0 fully saturated rings. The predicted octanol–water partition coefficient (Wildman–Crippen LogP) is 2.46. The van der Waals surface area contributed by atoms with Crippen molar-refractivity contribution >= 4 is 22.3 Å². The molecule has 0 aliphatic rings. The van der Waals surface area contributed by atoms with E-state index in [2.05, 4.69) is 5.32 Å². The summed E-state index contributed by atoms with van der Waals surface area (Å²) in [5, 5.41) is 3.32. The molecule has 0 heterocycles. The van der Waals surface area contributed by atoms with E-state index in [-0.39, 0.29) is 11.0 Å². The maximum atomic E-state index is 11.4. The first-order valence-corrected chi connectivity index (χ1v) is 7.36. The van der Waals surface area contributed by atoms with E-state index in [1.807, 2.05) is 38.1 Å². The van der Waals surface area contributed by atoms with Gasteiger partial charge in [-0.15, -0.1) is 0 Å². The van der Waals surface area contributed by atoms with Gasteiger partial charge in [0, 0.05) is 46.5 Å². The van der Waals surface area contributed by atoms with Gasteiger partial charge >= 0.3 is 0 Å². The first-order chi connectivity index (χ1) is 8.04. The van der Waals surface area contributed by atoms with Crippen LogP contribution in [0.15, 0.2) is 24.3 Å². The SMILES string of the molecule is CCC(=O)c1ccc(NCC(C)S(C)=O)cc1. The van der Waals surface area contributed by atoms with Crippen molar-refractivity contribution in [1.82, 2.24) is 0 Å². The lowest BCUT2D eigenvalue weighted by Gasteiger charge is -2.11. The Hall–Kier alpha value is -1.16. The monoisotopic (exact) mass is 253 g/mol. The minimum Gasteiger partial charge on any atom is -0.384 e. The fraction of sp³-hybridized carbons (Fsp3) is 0.462. The van der Waals surface area contributed by atoms with Crippen molar-refractivity contribution in [3.05, 3.63) is 29.8 Å². The van der Waals surface area contributed by atoms with E-state index in [9.17, 15) is 9.00 Å². The van der Waals surface area contributed by atoms with Crippen LogP contribution in [0.25, 0.3) is 0 Å². The third-order valence-electron chi connectivity index (χ3n) is 2.69. The van der Waals surface area contributed by atoms with Crippen molar-refractivity contribution in [1.29, 1.82) is 0 Å². The highest BCUT2D eigenvalue weighted by atomic mass is 32.2. The van der Waals surface area contributed by atoms with Crippen LogP contribution in [-0.4, -0.2) is 28.0 Å². The van der Waals surface area contributed by atoms with Gasteiger partial charge in [0.05, 0.1) is 0 Å². The van der Waals surface area contributed by atoms with Gasteiger partial charge < -0.3 is 5.32 Å². The topological polar surface area (TPSA) is 46.2 Å². The highest BCUT2D eigenvalue weighted by Gasteiger charge is 2.06. The summed E-state index contributed by atoms with van der Waals surface area (Å²) in [6, 6.07) is 7.41. The van der Waals surface area contributed by atoms with Gasteiger partial charge in [0.1, 0.15) is 0 Å². The van der Waals surface area contributed by atoms with Crippen molar-refractivity contribution in [3.63, 3.8) is 0 Å². The number of carbonyl (C=O) groups excluding carboxylic acids is 1. The van der Waals surface area contributed by atoms with Crippen molar-refractivity contribution in [3.8, 4) is 0 Å². The Labute approximate surface area is 105 Å². The Morgan fingerprint density at radius 2 is 1.94 bits per heavy atom. The van der Waals surface area contributed by atoms with Crippen LogP contribution in [-0.2, 0) is 10.8 Å². The molecule has 0 aromatic heterocycles. The lowest BCUT2D eigenvalue weighted by atomic mass is 10.1. The summed E-state index contributed by atoms with van der Waals surface area (Å²) in [6.07, 6.45) is 2.23. The molecule has 0 aliphatic carbocycles. The number of benzene rings is 1. The Bertz CT molecular complexity index is 400. The number of ketones is 1. The number of Topliss-reactive ketones (excluding diaryl/α,β-unsaturated/α-hetero) is 1. The maximum Gasteiger partial charge on any atom is 0.162 e. The lowest BCUT2D eigenvalue weighted by Crippen LogP contribution is -2.20. The summed E-state index contributed by atoms with van der Waals surface area (Å²) in [6.45, 7) is 4.47. The number of nitrogens with one attached hydrogen (secondary N) is 1. The van der Waals surface area contributed by atoms with Crippen LogP contribution in [0.3, 0.4) is 0 Å². The Morgan fingerprint density at radius 1 is 1.35 bits per heavy atom. The van der Waals surface area contributed by atoms with E-state index in [4.69, 9.17) is 0 Å². The second-order valence-electron chi connectivity index (χ2n) is 4.04. The Kier molecular flexibility index (Phi) is 5.35. The summed E-state index contributed by atoms with van der Waals surface area (Å²) in [7, 11) is -0.814. The van der Waals surface area contributed by atoms with E-state index in [1.165, 1.54) is 0 Å². The molecule has 1 rings (SSSR count). The van der Waals surface area contributed by atoms with Crippen molar-refractivity contribution in [2.75, 3.05) is 18.1 Å². The molecule has 0 radical (unpaired) electrons. The second-order valence-corrected chi connectivity index (χ2v) is 5.85. The standard InChI is InChI=1S/C13H19NO2S/c1-4-13(15)11-5-7-12(8-6-11)14-9-10(2)17(3)16/h5-8,10,14H,4,9H2,1-3H3. The van der Waals surface area contributed by atoms with Crippen molar-refractivity contribution in [2.45, 2.75) is 25.5 Å². The molecule has 17 heavy (non-hydrogen) atoms. The summed E-state index contributed by atoms with van der Waals surface area (Å²) in [4.78, 5) is 11.4. The number of hydrogen-bond acceptors (Lipinski definition) is 3. The van der Waals surface area contributed by atoms with E-state index in [0.29, 0.717) is 13.0 Å². The first-order valence-electron chi connectivity index (χ1n) is 5.74. The number of anilines is 1. The smallest absolute Gasteiger partial charge is 0.162 e. The number of rotatable bonds is 6. The maximum absolute atomic E-state index is 11.4. The Balaban J connectivity index is 2.57. The number of hydrogen-bond donors (Lipinski definition) is 1. The third-order valence-corrected chi connectivity index (χ3v) is 3.99. The van der Waals surface area contributed by atoms with Gasteiger partial charge in [-0.3, -0.25) is 9.00 Å². The van der Waals surface area contributed by atoms with E-state index >= 15 is 0 Å². The minimum atomic E-state index is -0.814. The fourth-order valence-corrected chi connectivity index (χ4v) is 1.68. The van der Waals surface area contributed by atoms with Crippen LogP contribution in [0.1, 0.15) is 30.6 Å². The van der Waals surface area contributed by atoms with E-state index in [1.54, 1.807) is 6.26 Å². The molecule has 0 saturated heterocycles. The van der Waals surface area contributed by atoms with Gasteiger partial charge in [-0.2, -0.15) is 0 Å². The molecule has 1 N–H and O–H groups in total. The zero-order valence-electron chi connectivity index (χ0n) is 10.5. The molecule has 3 nitrogen and oxygen atoms in total. The molecule has 1 aromatic rings. The molecule has 4 heteroatoms. The van der Waals surface area contributed by atoms with Crippen molar-refractivity contribution < 1.29 is 9.00 Å². The molecule has 2 atom stereocenters. The van der Waals surface area contributed by atoms with Crippen LogP contribution in [0.5, 0.6) is 0 Å². The molecule has 0 aliphatic heterocycles. The van der Waals surface area contributed by atoms with Crippen LogP contribution >= 0.6 is 0 Å². The number of carbonyl (C=O) groups is 1. The van der Waals surface area contributed by atoms with Gasteiger partial charge in [-0.25, -0.2) is 0 Å². The van der Waals surface area contributed by atoms with Gasteiger partial charge in [-0.1, -0.05) is 6.92 Å². The summed E-state index contributed by atoms with van der Waals surface area (Å²) in [5.41, 5.74) is 1.69. The molecule has 0 spiro atoms. The van der Waals surface area contributed by atoms with Crippen LogP contribution in [0.4, 0.5) is 5.69 Å². The highest BCUT2D eigenvalue weighted by Crippen LogP contribution is 2.11. The normalized spacial score (nSPS) is 14.1. The van der Waals surface area contributed by atoms with Crippen LogP contribution < -0.4 is 5.32 Å². The average Bonchev–Trinajstić information content (AvgIpc) is 2.35. The van der Waals surface area contributed by atoms with E-state index < -0.39 is 10.8 Å².